The van der Waals surface area contributed by atoms with Gasteiger partial charge in [0.05, 0.1) is 11.4 Å². The van der Waals surface area contributed by atoms with Crippen molar-refractivity contribution < 1.29 is 9.53 Å². The molecule has 3 atom stereocenters. The van der Waals surface area contributed by atoms with Gasteiger partial charge in [0.25, 0.3) is 0 Å². The van der Waals surface area contributed by atoms with Gasteiger partial charge < -0.3 is 9.53 Å². The Morgan fingerprint density at radius 3 is 2.60 bits per heavy atom. The third-order valence-corrected chi connectivity index (χ3v) is 3.75. The van der Waals surface area contributed by atoms with Crippen LogP contribution in [0.3, 0.4) is 0 Å². The van der Waals surface area contributed by atoms with Gasteiger partial charge in [-0.3, -0.25) is 0 Å². The maximum Gasteiger partial charge on any atom is 0.152 e. The average molecular weight is 207 g/mol. The second-order valence-corrected chi connectivity index (χ2v) is 3.98. The van der Waals surface area contributed by atoms with Crippen LogP contribution in [0.25, 0.3) is 0 Å². The van der Waals surface area contributed by atoms with E-state index in [1.165, 1.54) is 0 Å². The van der Waals surface area contributed by atoms with Crippen molar-refractivity contribution in [3.63, 3.8) is 0 Å². The van der Waals surface area contributed by atoms with Gasteiger partial charge in [0.15, 0.2) is 6.29 Å². The van der Waals surface area contributed by atoms with Gasteiger partial charge >= 0.3 is 0 Å². The van der Waals surface area contributed by atoms with E-state index in [1.54, 1.807) is 0 Å². The lowest BCUT2D eigenvalue weighted by atomic mass is 9.99. The maximum atomic E-state index is 10.5. The van der Waals surface area contributed by atoms with Crippen molar-refractivity contribution in [2.45, 2.75) is 24.3 Å². The third-order valence-electron chi connectivity index (χ3n) is 1.94. The van der Waals surface area contributed by atoms with Gasteiger partial charge in [-0.15, -0.1) is 0 Å². The van der Waals surface area contributed by atoms with Crippen molar-refractivity contribution in [1.82, 2.24) is 0 Å². The molecule has 1 saturated heterocycles. The standard InChI is InChI=1S/C7H11BrO2/c1-5-3-10-7(2,4-9)6(5)8/h4-6H,3H2,1-2H3. The number of alkyl halides is 1. The zero-order valence-electron chi connectivity index (χ0n) is 6.13. The Bertz CT molecular complexity index is 149. The SMILES string of the molecule is CC1COC(C)(C=O)C1Br. The average Bonchev–Trinajstić information content (AvgIpc) is 2.19. The summed E-state index contributed by atoms with van der Waals surface area (Å²) in [5, 5.41) is 0. The smallest absolute Gasteiger partial charge is 0.152 e. The molecule has 0 bridgehead atoms. The number of halogens is 1. The van der Waals surface area contributed by atoms with E-state index in [0.717, 1.165) is 6.29 Å². The van der Waals surface area contributed by atoms with E-state index in [0.29, 0.717) is 12.5 Å². The molecule has 10 heavy (non-hydrogen) atoms. The van der Waals surface area contributed by atoms with Gasteiger partial charge in [-0.25, -0.2) is 0 Å². The predicted molar refractivity (Wildman–Crippen MR) is 42.3 cm³/mol. The van der Waals surface area contributed by atoms with Crippen molar-refractivity contribution in [2.24, 2.45) is 5.92 Å². The van der Waals surface area contributed by atoms with Gasteiger partial charge in [-0.1, -0.05) is 22.9 Å². The van der Waals surface area contributed by atoms with Crippen molar-refractivity contribution in [3.8, 4) is 0 Å². The normalized spacial score (nSPS) is 47.5. The van der Waals surface area contributed by atoms with Crippen molar-refractivity contribution in [1.29, 1.82) is 0 Å². The fourth-order valence-corrected chi connectivity index (χ4v) is 1.53. The first-order valence-electron chi connectivity index (χ1n) is 3.34. The number of hydrogen-bond donors (Lipinski definition) is 0. The first-order valence-corrected chi connectivity index (χ1v) is 4.26. The number of aldehydes is 1. The number of carbonyl (C=O) groups excluding carboxylic acids is 1. The number of ether oxygens (including phenoxy) is 1. The number of rotatable bonds is 1. The molecule has 0 aromatic carbocycles. The van der Waals surface area contributed by atoms with E-state index >= 15 is 0 Å². The zero-order valence-corrected chi connectivity index (χ0v) is 7.72. The summed E-state index contributed by atoms with van der Waals surface area (Å²) in [6.07, 6.45) is 0.871. The van der Waals surface area contributed by atoms with E-state index in [2.05, 4.69) is 22.9 Å². The Balaban J connectivity index is 2.73. The largest absolute Gasteiger partial charge is 0.366 e. The van der Waals surface area contributed by atoms with Crippen LogP contribution in [0.4, 0.5) is 0 Å². The highest BCUT2D eigenvalue weighted by molar-refractivity contribution is 9.09. The zero-order chi connectivity index (χ0) is 7.78. The molecule has 0 saturated carbocycles. The second-order valence-electron chi connectivity index (χ2n) is 2.99. The Hall–Kier alpha value is 0.110. The third kappa shape index (κ3) is 1.12. The van der Waals surface area contributed by atoms with Gasteiger partial charge in [-0.05, 0) is 12.8 Å². The second kappa shape index (κ2) is 2.62. The molecule has 58 valence electrons. The molecular formula is C7H11BrO2. The number of hydrogen-bond acceptors (Lipinski definition) is 2. The molecule has 2 nitrogen and oxygen atoms in total. The van der Waals surface area contributed by atoms with Gasteiger partial charge in [0, 0.05) is 0 Å². The van der Waals surface area contributed by atoms with Gasteiger partial charge in [0.1, 0.15) is 5.60 Å². The molecule has 0 amide bonds. The quantitative estimate of drug-likeness (QED) is 0.479. The molecule has 1 aliphatic rings. The minimum atomic E-state index is -0.598. The molecule has 0 spiro atoms. The molecule has 3 heteroatoms. The van der Waals surface area contributed by atoms with E-state index in [-0.39, 0.29) is 4.83 Å². The Labute approximate surface area is 69.1 Å². The molecule has 1 aliphatic heterocycles. The van der Waals surface area contributed by atoms with Crippen LogP contribution in [0.5, 0.6) is 0 Å². The fourth-order valence-electron chi connectivity index (χ4n) is 1.14. The Kier molecular flexibility index (Phi) is 2.15. The summed E-state index contributed by atoms with van der Waals surface area (Å²) < 4.78 is 5.30. The first kappa shape index (κ1) is 8.21. The molecule has 1 heterocycles. The molecule has 0 aliphatic carbocycles. The minimum absolute atomic E-state index is 0.164. The van der Waals surface area contributed by atoms with Gasteiger partial charge in [0.2, 0.25) is 0 Å². The monoisotopic (exact) mass is 206 g/mol. The first-order chi connectivity index (χ1) is 4.60. The summed E-state index contributed by atoms with van der Waals surface area (Å²) in [5.41, 5.74) is -0.598. The summed E-state index contributed by atoms with van der Waals surface area (Å²) in [6.45, 7) is 4.54. The predicted octanol–water partition coefficient (Wildman–Crippen LogP) is 1.37. The van der Waals surface area contributed by atoms with Crippen LogP contribution in [0.2, 0.25) is 0 Å². The lowest BCUT2D eigenvalue weighted by molar-refractivity contribution is -0.123. The molecule has 0 aromatic heterocycles. The summed E-state index contributed by atoms with van der Waals surface area (Å²) in [6, 6.07) is 0. The molecule has 3 unspecified atom stereocenters. The molecular weight excluding hydrogens is 196 g/mol. The maximum absolute atomic E-state index is 10.5. The Morgan fingerprint density at radius 2 is 2.40 bits per heavy atom. The van der Waals surface area contributed by atoms with Gasteiger partial charge in [-0.2, -0.15) is 0 Å². The van der Waals surface area contributed by atoms with Crippen LogP contribution in [0.1, 0.15) is 13.8 Å². The summed E-state index contributed by atoms with van der Waals surface area (Å²) in [4.78, 5) is 10.7. The van der Waals surface area contributed by atoms with Crippen LogP contribution >= 0.6 is 15.9 Å². The van der Waals surface area contributed by atoms with E-state index in [4.69, 9.17) is 4.74 Å². The van der Waals surface area contributed by atoms with E-state index < -0.39 is 5.60 Å². The van der Waals surface area contributed by atoms with Crippen LogP contribution < -0.4 is 0 Å². The topological polar surface area (TPSA) is 26.3 Å². The van der Waals surface area contributed by atoms with Crippen LogP contribution in [0, 0.1) is 5.92 Å². The van der Waals surface area contributed by atoms with Crippen molar-refractivity contribution >= 4 is 22.2 Å². The van der Waals surface area contributed by atoms with Crippen LogP contribution in [0.15, 0.2) is 0 Å². The molecule has 1 rings (SSSR count). The van der Waals surface area contributed by atoms with Crippen molar-refractivity contribution in [3.05, 3.63) is 0 Å². The lowest BCUT2D eigenvalue weighted by Crippen LogP contribution is -2.35. The summed E-state index contributed by atoms with van der Waals surface area (Å²) >= 11 is 3.43. The Morgan fingerprint density at radius 1 is 1.80 bits per heavy atom. The van der Waals surface area contributed by atoms with E-state index in [9.17, 15) is 4.79 Å². The lowest BCUT2D eigenvalue weighted by Gasteiger charge is -2.19. The van der Waals surface area contributed by atoms with Crippen LogP contribution in [-0.2, 0) is 9.53 Å². The highest BCUT2D eigenvalue weighted by atomic mass is 79.9. The summed E-state index contributed by atoms with van der Waals surface area (Å²) in [5.74, 6) is 0.426. The molecule has 0 N–H and O–H groups in total. The fraction of sp³-hybridized carbons (Fsp3) is 0.857. The highest BCUT2D eigenvalue weighted by Gasteiger charge is 2.42. The van der Waals surface area contributed by atoms with Crippen LogP contribution in [-0.4, -0.2) is 23.3 Å². The summed E-state index contributed by atoms with van der Waals surface area (Å²) in [7, 11) is 0. The molecule has 0 aromatic rings. The number of carbonyl (C=O) groups is 1. The molecule has 1 fully saturated rings. The van der Waals surface area contributed by atoms with Crippen molar-refractivity contribution in [2.75, 3.05) is 6.61 Å². The molecule has 0 radical (unpaired) electrons. The van der Waals surface area contributed by atoms with E-state index in [1.807, 2.05) is 6.92 Å². The minimum Gasteiger partial charge on any atom is -0.366 e. The highest BCUT2D eigenvalue weighted by Crippen LogP contribution is 2.33.